The van der Waals surface area contributed by atoms with Crippen molar-refractivity contribution in [1.82, 2.24) is 19.1 Å². The molecule has 0 amide bonds. The van der Waals surface area contributed by atoms with Crippen molar-refractivity contribution in [2.45, 2.75) is 6.54 Å². The standard InChI is InChI=1S/C14H14N4S/c1-17-8-7-15-13(17)10-18-12(9-16-14(18)19)11-5-3-2-4-6-11/h2-9H,10H2,1H3,(H,16,19). The maximum absolute atomic E-state index is 5.36. The molecule has 0 bridgehead atoms. The highest BCUT2D eigenvalue weighted by molar-refractivity contribution is 7.71. The van der Waals surface area contributed by atoms with Crippen LogP contribution in [0.1, 0.15) is 5.82 Å². The average Bonchev–Trinajstić information content (AvgIpc) is 2.99. The number of imidazole rings is 2. The largest absolute Gasteiger partial charge is 0.337 e. The van der Waals surface area contributed by atoms with Gasteiger partial charge in [0.15, 0.2) is 4.77 Å². The number of hydrogen-bond acceptors (Lipinski definition) is 2. The van der Waals surface area contributed by atoms with Crippen LogP contribution >= 0.6 is 12.2 Å². The van der Waals surface area contributed by atoms with E-state index in [4.69, 9.17) is 12.2 Å². The zero-order valence-electron chi connectivity index (χ0n) is 10.6. The van der Waals surface area contributed by atoms with Gasteiger partial charge in [0.25, 0.3) is 0 Å². The van der Waals surface area contributed by atoms with Gasteiger partial charge in [-0.15, -0.1) is 0 Å². The Kier molecular flexibility index (Phi) is 3.05. The molecule has 1 aromatic carbocycles. The Morgan fingerprint density at radius 3 is 2.74 bits per heavy atom. The fourth-order valence-corrected chi connectivity index (χ4v) is 2.31. The molecule has 0 saturated heterocycles. The second kappa shape index (κ2) is 4.85. The van der Waals surface area contributed by atoms with Crippen LogP contribution in [0.5, 0.6) is 0 Å². The highest BCUT2D eigenvalue weighted by Crippen LogP contribution is 2.20. The van der Waals surface area contributed by atoms with Crippen molar-refractivity contribution in [3.05, 3.63) is 59.5 Å². The zero-order chi connectivity index (χ0) is 13.2. The molecule has 3 aromatic rings. The second-order valence-electron chi connectivity index (χ2n) is 4.39. The molecule has 0 unspecified atom stereocenters. The van der Waals surface area contributed by atoms with Crippen LogP contribution in [0.3, 0.4) is 0 Å². The monoisotopic (exact) mass is 270 g/mol. The van der Waals surface area contributed by atoms with Crippen molar-refractivity contribution in [3.8, 4) is 11.3 Å². The summed E-state index contributed by atoms with van der Waals surface area (Å²) in [6, 6.07) is 10.2. The number of benzene rings is 1. The van der Waals surface area contributed by atoms with Crippen LogP contribution in [-0.2, 0) is 13.6 Å². The summed E-state index contributed by atoms with van der Waals surface area (Å²) in [7, 11) is 1.99. The maximum Gasteiger partial charge on any atom is 0.178 e. The third-order valence-corrected chi connectivity index (χ3v) is 3.50. The topological polar surface area (TPSA) is 38.5 Å². The molecule has 0 aliphatic heterocycles. The predicted molar refractivity (Wildman–Crippen MR) is 77.4 cm³/mol. The van der Waals surface area contributed by atoms with Crippen LogP contribution in [0.4, 0.5) is 0 Å². The number of aromatic nitrogens is 4. The highest BCUT2D eigenvalue weighted by atomic mass is 32.1. The summed E-state index contributed by atoms with van der Waals surface area (Å²) < 4.78 is 4.78. The van der Waals surface area contributed by atoms with E-state index in [1.54, 1.807) is 6.20 Å². The molecule has 0 aliphatic carbocycles. The van der Waals surface area contributed by atoms with E-state index >= 15 is 0 Å². The number of nitrogens with one attached hydrogen (secondary N) is 1. The summed E-state index contributed by atoms with van der Waals surface area (Å²) in [6.07, 6.45) is 5.68. The summed E-state index contributed by atoms with van der Waals surface area (Å²) in [4.78, 5) is 7.46. The summed E-state index contributed by atoms with van der Waals surface area (Å²) in [5.74, 6) is 0.980. The Morgan fingerprint density at radius 2 is 2.05 bits per heavy atom. The van der Waals surface area contributed by atoms with E-state index in [9.17, 15) is 0 Å². The van der Waals surface area contributed by atoms with Crippen LogP contribution in [0.25, 0.3) is 11.3 Å². The number of aromatic amines is 1. The first kappa shape index (κ1) is 11.9. The number of aryl methyl sites for hydroxylation is 1. The minimum Gasteiger partial charge on any atom is -0.337 e. The molecule has 1 N–H and O–H groups in total. The molecule has 19 heavy (non-hydrogen) atoms. The molecule has 96 valence electrons. The third kappa shape index (κ3) is 2.24. The lowest BCUT2D eigenvalue weighted by atomic mass is 10.2. The number of nitrogens with zero attached hydrogens (tertiary/aromatic N) is 3. The zero-order valence-corrected chi connectivity index (χ0v) is 11.4. The fraction of sp³-hybridized carbons (Fsp3) is 0.143. The first-order valence-corrected chi connectivity index (χ1v) is 6.46. The average molecular weight is 270 g/mol. The van der Waals surface area contributed by atoms with Crippen molar-refractivity contribution in [3.63, 3.8) is 0 Å². The Bertz CT molecular complexity index is 736. The SMILES string of the molecule is Cn1ccnc1Cn1c(-c2ccccc2)c[nH]c1=S. The van der Waals surface area contributed by atoms with Gasteiger partial charge in [-0.2, -0.15) is 0 Å². The van der Waals surface area contributed by atoms with Crippen molar-refractivity contribution in [2.75, 3.05) is 0 Å². The minimum atomic E-state index is 0.663. The Balaban J connectivity index is 2.05. The van der Waals surface area contributed by atoms with E-state index in [0.717, 1.165) is 17.1 Å². The molecule has 0 fully saturated rings. The molecule has 0 atom stereocenters. The van der Waals surface area contributed by atoms with Crippen molar-refractivity contribution in [2.24, 2.45) is 7.05 Å². The Morgan fingerprint density at radius 1 is 1.26 bits per heavy atom. The van der Waals surface area contributed by atoms with Crippen molar-refractivity contribution >= 4 is 12.2 Å². The second-order valence-corrected chi connectivity index (χ2v) is 4.77. The van der Waals surface area contributed by atoms with Crippen LogP contribution < -0.4 is 0 Å². The molecule has 0 radical (unpaired) electrons. The van der Waals surface area contributed by atoms with Crippen LogP contribution in [0, 0.1) is 4.77 Å². The fourth-order valence-electron chi connectivity index (χ4n) is 2.09. The summed E-state index contributed by atoms with van der Waals surface area (Å²) in [5.41, 5.74) is 2.22. The molecule has 0 saturated carbocycles. The molecular weight excluding hydrogens is 256 g/mol. The van der Waals surface area contributed by atoms with Crippen LogP contribution in [0.2, 0.25) is 0 Å². The maximum atomic E-state index is 5.36. The molecule has 2 aromatic heterocycles. The smallest absolute Gasteiger partial charge is 0.178 e. The van der Waals surface area contributed by atoms with E-state index in [1.165, 1.54) is 0 Å². The lowest BCUT2D eigenvalue weighted by molar-refractivity contribution is 0.697. The van der Waals surface area contributed by atoms with E-state index in [1.807, 2.05) is 42.2 Å². The van der Waals surface area contributed by atoms with Crippen molar-refractivity contribution < 1.29 is 0 Å². The van der Waals surface area contributed by atoms with Crippen molar-refractivity contribution in [1.29, 1.82) is 0 Å². The van der Waals surface area contributed by atoms with Gasteiger partial charge in [0.2, 0.25) is 0 Å². The number of hydrogen-bond donors (Lipinski definition) is 1. The van der Waals surface area contributed by atoms with Gasteiger partial charge < -0.3 is 14.1 Å². The molecule has 5 heteroatoms. The van der Waals surface area contributed by atoms with Gasteiger partial charge in [0.1, 0.15) is 5.82 Å². The predicted octanol–water partition coefficient (Wildman–Crippen LogP) is 2.99. The lowest BCUT2D eigenvalue weighted by Gasteiger charge is -2.08. The van der Waals surface area contributed by atoms with E-state index < -0.39 is 0 Å². The first-order chi connectivity index (χ1) is 9.25. The van der Waals surface area contributed by atoms with E-state index in [-0.39, 0.29) is 0 Å². The van der Waals surface area contributed by atoms with Gasteiger partial charge in [-0.25, -0.2) is 4.98 Å². The van der Waals surface area contributed by atoms with Gasteiger partial charge in [-0.05, 0) is 17.8 Å². The van der Waals surface area contributed by atoms with Gasteiger partial charge in [0.05, 0.1) is 12.2 Å². The van der Waals surface area contributed by atoms with Gasteiger partial charge in [-0.3, -0.25) is 0 Å². The van der Waals surface area contributed by atoms with E-state index in [2.05, 4.69) is 26.7 Å². The van der Waals surface area contributed by atoms with Crippen LogP contribution in [-0.4, -0.2) is 19.1 Å². The molecular formula is C14H14N4S. The van der Waals surface area contributed by atoms with E-state index in [0.29, 0.717) is 11.3 Å². The summed E-state index contributed by atoms with van der Waals surface area (Å²) in [6.45, 7) is 0.663. The van der Waals surface area contributed by atoms with Gasteiger partial charge in [-0.1, -0.05) is 30.3 Å². The summed E-state index contributed by atoms with van der Waals surface area (Å²) >= 11 is 5.36. The summed E-state index contributed by atoms with van der Waals surface area (Å²) in [5, 5.41) is 0. The molecule has 3 rings (SSSR count). The Hall–Kier alpha value is -2.14. The van der Waals surface area contributed by atoms with Crippen LogP contribution in [0.15, 0.2) is 48.9 Å². The number of H-pyrrole nitrogens is 1. The molecule has 0 spiro atoms. The van der Waals surface area contributed by atoms with Gasteiger partial charge >= 0.3 is 0 Å². The minimum absolute atomic E-state index is 0.663. The third-order valence-electron chi connectivity index (χ3n) is 3.16. The first-order valence-electron chi connectivity index (χ1n) is 6.05. The number of rotatable bonds is 3. The Labute approximate surface area is 116 Å². The lowest BCUT2D eigenvalue weighted by Crippen LogP contribution is -2.07. The molecule has 4 nitrogen and oxygen atoms in total. The molecule has 0 aliphatic rings. The highest BCUT2D eigenvalue weighted by Gasteiger charge is 2.09. The normalized spacial score (nSPS) is 10.8. The molecule has 2 heterocycles. The van der Waals surface area contributed by atoms with Gasteiger partial charge in [0, 0.05) is 25.6 Å². The quantitative estimate of drug-likeness (QED) is 0.743.